The van der Waals surface area contributed by atoms with E-state index in [9.17, 15) is 4.79 Å². The van der Waals surface area contributed by atoms with Crippen molar-refractivity contribution in [3.8, 4) is 11.5 Å². The number of fused-ring (bicyclic) bond motifs is 1. The molecule has 0 saturated carbocycles. The molecule has 1 N–H and O–H groups in total. The Morgan fingerprint density at radius 2 is 1.84 bits per heavy atom. The largest absolute Gasteiger partial charge is 0.486 e. The van der Waals surface area contributed by atoms with Gasteiger partial charge in [-0.3, -0.25) is 4.79 Å². The molecule has 132 valence electrons. The van der Waals surface area contributed by atoms with Crippen LogP contribution >= 0.6 is 11.6 Å². The van der Waals surface area contributed by atoms with Crippen LogP contribution in [0.4, 0.5) is 0 Å². The van der Waals surface area contributed by atoms with Gasteiger partial charge in [0, 0.05) is 5.02 Å². The average molecular weight is 360 g/mol. The number of carbonyl (C=O) groups is 1. The number of hydrogen-bond donors (Lipinski definition) is 1. The van der Waals surface area contributed by atoms with Gasteiger partial charge in [0.2, 0.25) is 5.91 Å². The van der Waals surface area contributed by atoms with Crippen LogP contribution in [0.1, 0.15) is 31.0 Å². The molecular formula is C20H22ClNO3. The van der Waals surface area contributed by atoms with Gasteiger partial charge in [-0.15, -0.1) is 0 Å². The summed E-state index contributed by atoms with van der Waals surface area (Å²) in [5, 5.41) is 3.73. The first-order valence-electron chi connectivity index (χ1n) is 8.47. The number of rotatable bonds is 5. The van der Waals surface area contributed by atoms with E-state index in [2.05, 4.69) is 19.2 Å². The fourth-order valence-electron chi connectivity index (χ4n) is 2.93. The van der Waals surface area contributed by atoms with Crippen LogP contribution in [0.15, 0.2) is 42.5 Å². The Bertz CT molecular complexity index is 760. The first kappa shape index (κ1) is 17.6. The molecule has 1 amide bonds. The van der Waals surface area contributed by atoms with Crippen molar-refractivity contribution >= 4 is 17.5 Å². The molecule has 0 spiro atoms. The zero-order valence-electron chi connectivity index (χ0n) is 14.4. The molecule has 1 heterocycles. The third-order valence-corrected chi connectivity index (χ3v) is 4.59. The maximum atomic E-state index is 12.5. The normalized spacial score (nSPS) is 14.2. The minimum Gasteiger partial charge on any atom is -0.486 e. The van der Waals surface area contributed by atoms with Crippen molar-refractivity contribution in [1.29, 1.82) is 0 Å². The number of carbonyl (C=O) groups excluding carboxylic acids is 1. The lowest BCUT2D eigenvalue weighted by atomic mass is 9.95. The summed E-state index contributed by atoms with van der Waals surface area (Å²) in [7, 11) is 0. The quantitative estimate of drug-likeness (QED) is 0.871. The third-order valence-electron chi connectivity index (χ3n) is 4.22. The van der Waals surface area contributed by atoms with Crippen LogP contribution < -0.4 is 14.8 Å². The maximum absolute atomic E-state index is 12.5. The Hall–Kier alpha value is -2.20. The topological polar surface area (TPSA) is 47.6 Å². The van der Waals surface area contributed by atoms with E-state index in [0.29, 0.717) is 18.2 Å². The summed E-state index contributed by atoms with van der Waals surface area (Å²) < 4.78 is 11.2. The highest BCUT2D eigenvalue weighted by Gasteiger charge is 2.21. The second-order valence-corrected chi connectivity index (χ2v) is 6.87. The van der Waals surface area contributed by atoms with Crippen molar-refractivity contribution in [2.45, 2.75) is 26.3 Å². The third kappa shape index (κ3) is 4.26. The number of hydrogen-bond acceptors (Lipinski definition) is 3. The highest BCUT2D eigenvalue weighted by Crippen LogP contribution is 2.34. The zero-order chi connectivity index (χ0) is 17.8. The Balaban J connectivity index is 1.75. The van der Waals surface area contributed by atoms with Crippen molar-refractivity contribution < 1.29 is 14.3 Å². The van der Waals surface area contributed by atoms with E-state index in [4.69, 9.17) is 21.1 Å². The predicted octanol–water partition coefficient (Wildman–Crippen LogP) is 4.17. The highest BCUT2D eigenvalue weighted by atomic mass is 35.5. The summed E-state index contributed by atoms with van der Waals surface area (Å²) in [5.41, 5.74) is 1.83. The zero-order valence-corrected chi connectivity index (χ0v) is 15.2. The van der Waals surface area contributed by atoms with E-state index in [-0.39, 0.29) is 24.3 Å². The Labute approximate surface area is 153 Å². The van der Waals surface area contributed by atoms with Gasteiger partial charge in [0.1, 0.15) is 13.2 Å². The van der Waals surface area contributed by atoms with Gasteiger partial charge >= 0.3 is 0 Å². The van der Waals surface area contributed by atoms with Crippen LogP contribution in [0.5, 0.6) is 11.5 Å². The van der Waals surface area contributed by atoms with Gasteiger partial charge in [-0.05, 0) is 35.2 Å². The number of ether oxygens (including phenoxy) is 2. The number of benzene rings is 2. The number of amides is 1. The van der Waals surface area contributed by atoms with Crippen LogP contribution in [-0.4, -0.2) is 19.1 Å². The summed E-state index contributed by atoms with van der Waals surface area (Å²) in [4.78, 5) is 12.5. The van der Waals surface area contributed by atoms with Crippen LogP contribution in [0.2, 0.25) is 5.02 Å². The summed E-state index contributed by atoms with van der Waals surface area (Å²) in [5.74, 6) is 1.66. The highest BCUT2D eigenvalue weighted by molar-refractivity contribution is 6.31. The number of nitrogens with one attached hydrogen (secondary N) is 1. The molecule has 1 aliphatic heterocycles. The second kappa shape index (κ2) is 7.79. The van der Waals surface area contributed by atoms with E-state index < -0.39 is 0 Å². The van der Waals surface area contributed by atoms with Crippen LogP contribution in [0.3, 0.4) is 0 Å². The molecule has 3 rings (SSSR count). The summed E-state index contributed by atoms with van der Waals surface area (Å²) in [6, 6.07) is 13.1. The second-order valence-electron chi connectivity index (χ2n) is 6.46. The molecule has 0 radical (unpaired) electrons. The average Bonchev–Trinajstić information content (AvgIpc) is 2.61. The summed E-state index contributed by atoms with van der Waals surface area (Å²) in [6.45, 7) is 5.27. The minimum absolute atomic E-state index is 0.0540. The monoisotopic (exact) mass is 359 g/mol. The Kier molecular flexibility index (Phi) is 5.49. The molecule has 2 aromatic rings. The SMILES string of the molecule is CC(C)[C@@H](NC(=O)Cc1ccccc1Cl)c1ccc2c(c1)OCCO2. The standard InChI is InChI=1S/C20H22ClNO3/c1-13(2)20(15-7-8-17-18(11-15)25-10-9-24-17)22-19(23)12-14-5-3-4-6-16(14)21/h3-8,11,13,20H,9-10,12H2,1-2H3,(H,22,23)/t20-/m1/s1. The van der Waals surface area contributed by atoms with Gasteiger partial charge < -0.3 is 14.8 Å². The van der Waals surface area contributed by atoms with Gasteiger partial charge in [-0.2, -0.15) is 0 Å². The fraction of sp³-hybridized carbons (Fsp3) is 0.350. The molecule has 0 unspecified atom stereocenters. The van der Waals surface area contributed by atoms with Crippen molar-refractivity contribution in [2.75, 3.05) is 13.2 Å². The van der Waals surface area contributed by atoms with E-state index in [1.807, 2.05) is 36.4 Å². The number of halogens is 1. The molecule has 4 nitrogen and oxygen atoms in total. The summed E-state index contributed by atoms with van der Waals surface area (Å²) in [6.07, 6.45) is 0.257. The first-order valence-corrected chi connectivity index (χ1v) is 8.84. The van der Waals surface area contributed by atoms with E-state index in [1.54, 1.807) is 6.07 Å². The Morgan fingerprint density at radius 3 is 2.56 bits per heavy atom. The molecule has 0 saturated heterocycles. The van der Waals surface area contributed by atoms with Crippen molar-refractivity contribution in [1.82, 2.24) is 5.32 Å². The van der Waals surface area contributed by atoms with E-state index in [0.717, 1.165) is 22.6 Å². The lowest BCUT2D eigenvalue weighted by molar-refractivity contribution is -0.121. The Morgan fingerprint density at radius 1 is 1.12 bits per heavy atom. The smallest absolute Gasteiger partial charge is 0.224 e. The molecule has 0 aromatic heterocycles. The van der Waals surface area contributed by atoms with Gasteiger partial charge in [0.15, 0.2) is 11.5 Å². The minimum atomic E-state index is -0.106. The molecule has 0 aliphatic carbocycles. The molecule has 0 fully saturated rings. The molecule has 25 heavy (non-hydrogen) atoms. The van der Waals surface area contributed by atoms with Gasteiger partial charge in [-0.1, -0.05) is 49.7 Å². The molecule has 5 heteroatoms. The van der Waals surface area contributed by atoms with Crippen molar-refractivity contribution in [3.63, 3.8) is 0 Å². The maximum Gasteiger partial charge on any atom is 0.224 e. The van der Waals surface area contributed by atoms with E-state index >= 15 is 0 Å². The van der Waals surface area contributed by atoms with Gasteiger partial charge in [0.25, 0.3) is 0 Å². The molecule has 2 aromatic carbocycles. The summed E-state index contributed by atoms with van der Waals surface area (Å²) >= 11 is 6.15. The first-order chi connectivity index (χ1) is 12.0. The lowest BCUT2D eigenvalue weighted by Gasteiger charge is -2.25. The predicted molar refractivity (Wildman–Crippen MR) is 98.3 cm³/mol. The lowest BCUT2D eigenvalue weighted by Crippen LogP contribution is -2.33. The van der Waals surface area contributed by atoms with Gasteiger partial charge in [-0.25, -0.2) is 0 Å². The molecule has 0 bridgehead atoms. The molecular weight excluding hydrogens is 338 g/mol. The van der Waals surface area contributed by atoms with Crippen LogP contribution in [-0.2, 0) is 11.2 Å². The van der Waals surface area contributed by atoms with Crippen LogP contribution in [0.25, 0.3) is 0 Å². The molecule has 1 atom stereocenters. The molecule has 1 aliphatic rings. The fourth-order valence-corrected chi connectivity index (χ4v) is 3.13. The van der Waals surface area contributed by atoms with Crippen molar-refractivity contribution in [2.24, 2.45) is 5.92 Å². The van der Waals surface area contributed by atoms with Crippen molar-refractivity contribution in [3.05, 3.63) is 58.6 Å². The van der Waals surface area contributed by atoms with E-state index in [1.165, 1.54) is 0 Å². The van der Waals surface area contributed by atoms with Crippen LogP contribution in [0, 0.1) is 5.92 Å². The van der Waals surface area contributed by atoms with Gasteiger partial charge in [0.05, 0.1) is 12.5 Å².